The van der Waals surface area contributed by atoms with E-state index in [-0.39, 0.29) is 15.8 Å². The fourth-order valence-corrected chi connectivity index (χ4v) is 2.09. The van der Waals surface area contributed by atoms with Gasteiger partial charge in [-0.1, -0.05) is 6.08 Å². The molecule has 0 unspecified atom stereocenters. The fourth-order valence-electron chi connectivity index (χ4n) is 0.761. The molecule has 0 N–H and O–H groups in total. The van der Waals surface area contributed by atoms with Crippen molar-refractivity contribution in [2.45, 2.75) is 18.4 Å². The second-order valence-electron chi connectivity index (χ2n) is 2.12. The molecule has 10 heavy (non-hydrogen) atoms. The molecule has 3 heteroatoms. The van der Waals surface area contributed by atoms with E-state index >= 15 is 0 Å². The molecule has 0 saturated carbocycles. The zero-order valence-corrected chi connectivity index (χ0v) is 8.21. The first kappa shape index (κ1) is 9.88. The van der Waals surface area contributed by atoms with Gasteiger partial charge in [-0.2, -0.15) is 0 Å². The van der Waals surface area contributed by atoms with Crippen LogP contribution in [0.25, 0.3) is 0 Å². The maximum absolute atomic E-state index is 5.02. The van der Waals surface area contributed by atoms with Gasteiger partial charge < -0.3 is 9.47 Å². The first-order chi connectivity index (χ1) is 4.85. The number of hydrogen-bond donors (Lipinski definition) is 0. The molecule has 0 heterocycles. The van der Waals surface area contributed by atoms with Crippen LogP contribution in [0.4, 0.5) is 0 Å². The highest BCUT2D eigenvalue weighted by atomic mass is 28.2. The zero-order valence-electron chi connectivity index (χ0n) is 6.80. The summed E-state index contributed by atoms with van der Waals surface area (Å²) < 4.78 is 10.0. The Balaban J connectivity index is 3.16. The predicted octanol–water partition coefficient (Wildman–Crippen LogP) is 0.797. The third kappa shape index (κ3) is 4.73. The topological polar surface area (TPSA) is 18.5 Å². The number of allylic oxidation sites excluding steroid dienone is 1. The molecule has 0 aromatic heterocycles. The largest absolute Gasteiger partial charge is 0.356 e. The lowest BCUT2D eigenvalue weighted by Gasteiger charge is -2.11. The second kappa shape index (κ2) is 6.99. The minimum absolute atomic E-state index is 0.0200. The monoisotopic (exact) mass is 160 g/mol. The normalized spacial score (nSPS) is 11.5. The van der Waals surface area contributed by atoms with Crippen LogP contribution < -0.4 is 0 Å². The van der Waals surface area contributed by atoms with Crippen LogP contribution in [-0.4, -0.2) is 30.0 Å². The SMILES string of the molecule is C=CC[SiH2]CC(OC)OC. The average Bonchev–Trinajstić information content (AvgIpc) is 1.99. The van der Waals surface area contributed by atoms with Gasteiger partial charge in [0.2, 0.25) is 0 Å². The summed E-state index contributed by atoms with van der Waals surface area (Å²) in [5.74, 6) is 0. The van der Waals surface area contributed by atoms with Gasteiger partial charge in [-0.05, 0) is 12.1 Å². The van der Waals surface area contributed by atoms with Gasteiger partial charge in [0.25, 0.3) is 0 Å². The van der Waals surface area contributed by atoms with Gasteiger partial charge in [0.05, 0.1) is 0 Å². The van der Waals surface area contributed by atoms with Crippen molar-refractivity contribution < 1.29 is 9.47 Å². The maximum atomic E-state index is 5.02. The van der Waals surface area contributed by atoms with Crippen LogP contribution in [0.1, 0.15) is 0 Å². The molecule has 0 spiro atoms. The summed E-state index contributed by atoms with van der Waals surface area (Å²) in [6, 6.07) is 2.25. The molecule has 0 rings (SSSR count). The van der Waals surface area contributed by atoms with Gasteiger partial charge in [0.15, 0.2) is 6.29 Å². The Hall–Kier alpha value is -0.123. The van der Waals surface area contributed by atoms with Gasteiger partial charge >= 0.3 is 0 Å². The summed E-state index contributed by atoms with van der Waals surface area (Å²) in [4.78, 5) is 0. The highest BCUT2D eigenvalue weighted by Gasteiger charge is 2.02. The third-order valence-corrected chi connectivity index (χ3v) is 3.07. The number of ether oxygens (including phenoxy) is 2. The highest BCUT2D eigenvalue weighted by molar-refractivity contribution is 6.36. The second-order valence-corrected chi connectivity index (χ2v) is 3.98. The van der Waals surface area contributed by atoms with Crippen molar-refractivity contribution in [2.75, 3.05) is 14.2 Å². The average molecular weight is 160 g/mol. The van der Waals surface area contributed by atoms with Gasteiger partial charge in [-0.15, -0.1) is 6.58 Å². The summed E-state index contributed by atoms with van der Waals surface area (Å²) in [5, 5.41) is 0. The molecular formula is C7H16O2Si. The molecule has 0 saturated heterocycles. The van der Waals surface area contributed by atoms with Gasteiger partial charge in [0.1, 0.15) is 0 Å². The van der Waals surface area contributed by atoms with Crippen molar-refractivity contribution in [1.82, 2.24) is 0 Å². The van der Waals surface area contributed by atoms with E-state index in [2.05, 4.69) is 6.58 Å². The first-order valence-electron chi connectivity index (χ1n) is 3.51. The van der Waals surface area contributed by atoms with E-state index in [4.69, 9.17) is 9.47 Å². The van der Waals surface area contributed by atoms with Crippen LogP contribution in [0.2, 0.25) is 12.1 Å². The van der Waals surface area contributed by atoms with Crippen molar-refractivity contribution in [1.29, 1.82) is 0 Å². The van der Waals surface area contributed by atoms with Crippen molar-refractivity contribution in [3.8, 4) is 0 Å². The highest BCUT2D eigenvalue weighted by Crippen LogP contribution is 1.98. The first-order valence-corrected chi connectivity index (χ1v) is 5.51. The maximum Gasteiger partial charge on any atom is 0.153 e. The molecule has 2 nitrogen and oxygen atoms in total. The predicted molar refractivity (Wildman–Crippen MR) is 46.2 cm³/mol. The molecule has 0 aliphatic carbocycles. The van der Waals surface area contributed by atoms with E-state index in [1.54, 1.807) is 14.2 Å². The molecule has 0 radical (unpaired) electrons. The molecule has 0 fully saturated rings. The lowest BCUT2D eigenvalue weighted by molar-refractivity contribution is -0.0875. The number of hydrogen-bond acceptors (Lipinski definition) is 2. The van der Waals surface area contributed by atoms with E-state index in [0.29, 0.717) is 0 Å². The Bertz CT molecular complexity index is 81.7. The smallest absolute Gasteiger partial charge is 0.153 e. The molecule has 0 aromatic carbocycles. The summed E-state index contributed by atoms with van der Waals surface area (Å²) in [6.07, 6.45) is 1.99. The van der Waals surface area contributed by atoms with Gasteiger partial charge in [-0.3, -0.25) is 0 Å². The molecule has 0 aliphatic heterocycles. The Morgan fingerprint density at radius 2 is 2.10 bits per heavy atom. The van der Waals surface area contributed by atoms with Crippen LogP contribution in [0.3, 0.4) is 0 Å². The molecule has 0 aliphatic rings. The van der Waals surface area contributed by atoms with E-state index < -0.39 is 0 Å². The van der Waals surface area contributed by atoms with Crippen molar-refractivity contribution in [2.24, 2.45) is 0 Å². The number of rotatable bonds is 6. The summed E-state index contributed by atoms with van der Waals surface area (Å²) in [7, 11) is 3.33. The van der Waals surface area contributed by atoms with Crippen LogP contribution in [0.15, 0.2) is 12.7 Å². The Labute approximate surface area is 65.0 Å². The molecule has 0 aromatic rings. The van der Waals surface area contributed by atoms with E-state index in [9.17, 15) is 0 Å². The fraction of sp³-hybridized carbons (Fsp3) is 0.714. The summed E-state index contributed by atoms with van der Waals surface area (Å²) in [5.41, 5.74) is 0. The van der Waals surface area contributed by atoms with Gasteiger partial charge in [-0.25, -0.2) is 0 Å². The van der Waals surface area contributed by atoms with Crippen LogP contribution in [0.5, 0.6) is 0 Å². The van der Waals surface area contributed by atoms with Crippen LogP contribution >= 0.6 is 0 Å². The molecular weight excluding hydrogens is 144 g/mol. The minimum Gasteiger partial charge on any atom is -0.356 e. The Morgan fingerprint density at radius 3 is 2.50 bits per heavy atom. The van der Waals surface area contributed by atoms with Crippen molar-refractivity contribution >= 4 is 9.52 Å². The zero-order chi connectivity index (χ0) is 7.82. The standard InChI is InChI=1S/C7H16O2Si/c1-4-5-10-6-7(8-2)9-3/h4,7H,1,5-6,10H2,2-3H3. The Kier molecular flexibility index (Phi) is 6.90. The lowest BCUT2D eigenvalue weighted by Crippen LogP contribution is -2.14. The molecule has 0 amide bonds. The van der Waals surface area contributed by atoms with Gasteiger partial charge in [0, 0.05) is 23.7 Å². The molecule has 60 valence electrons. The number of methoxy groups -OCH3 is 2. The van der Waals surface area contributed by atoms with E-state index in [1.807, 2.05) is 6.08 Å². The van der Waals surface area contributed by atoms with Crippen LogP contribution in [-0.2, 0) is 9.47 Å². The summed E-state index contributed by atoms with van der Waals surface area (Å²) in [6.45, 7) is 3.66. The minimum atomic E-state index is -0.0262. The van der Waals surface area contributed by atoms with Crippen molar-refractivity contribution in [3.05, 3.63) is 12.7 Å². The van der Waals surface area contributed by atoms with E-state index in [0.717, 1.165) is 6.04 Å². The summed E-state index contributed by atoms with van der Waals surface area (Å²) >= 11 is 0. The quantitative estimate of drug-likeness (QED) is 0.248. The molecule has 0 atom stereocenters. The van der Waals surface area contributed by atoms with E-state index in [1.165, 1.54) is 6.04 Å². The molecule has 0 bridgehead atoms. The van der Waals surface area contributed by atoms with Crippen molar-refractivity contribution in [3.63, 3.8) is 0 Å². The lowest BCUT2D eigenvalue weighted by atomic mass is 10.7. The third-order valence-electron chi connectivity index (χ3n) is 1.37. The van der Waals surface area contributed by atoms with Crippen LogP contribution in [0, 0.1) is 0 Å². The Morgan fingerprint density at radius 1 is 1.50 bits per heavy atom.